The Morgan fingerprint density at radius 3 is 2.79 bits per heavy atom. The first-order chi connectivity index (χ1) is 14.7. The number of nitrogens with one attached hydrogen (secondary N) is 1. The summed E-state index contributed by atoms with van der Waals surface area (Å²) in [6.07, 6.45) is 1.36. The summed E-state index contributed by atoms with van der Waals surface area (Å²) in [4.78, 5) is 22.9. The van der Waals surface area contributed by atoms with Gasteiger partial charge in [0.25, 0.3) is 5.91 Å². The van der Waals surface area contributed by atoms with Crippen LogP contribution >= 0.6 is 0 Å². The zero-order valence-corrected chi connectivity index (χ0v) is 21.0. The standard InChI is InChI=1S/C21H23FN6O3.Na.H2O/c1-12-18(29)17(26-20-21(3,4)31-8-7-27(12)20)19(30)23-10-14-5-6-15(22)9-16(14)28-13(2)24-11-25-28;;/h5-6,9,11,29H,1,7-8,10H2,2-4H3,(H,23,30);;1H2/q;+1;/p-1. The third kappa shape index (κ3) is 5.02. The topological polar surface area (TPSA) is 139 Å². The number of halogens is 1. The van der Waals surface area contributed by atoms with E-state index in [1.165, 1.54) is 23.1 Å². The number of aryl methyl sites for hydroxylation is 1. The molecule has 1 aromatic heterocycles. The number of hydrogen-bond donors (Lipinski definition) is 1. The number of aliphatic imine (C=N–C) groups is 1. The number of rotatable bonds is 4. The number of carbonyl (C=O) groups excluding carboxylic acids is 1. The Morgan fingerprint density at radius 2 is 2.12 bits per heavy atom. The van der Waals surface area contributed by atoms with Gasteiger partial charge in [-0.15, -0.1) is 0 Å². The Bertz CT molecular complexity index is 1140. The van der Waals surface area contributed by atoms with Gasteiger partial charge >= 0.3 is 29.6 Å². The molecule has 3 heterocycles. The minimum Gasteiger partial charge on any atom is -0.869 e. The van der Waals surface area contributed by atoms with Crippen LogP contribution in [0.3, 0.4) is 0 Å². The smallest absolute Gasteiger partial charge is 0.869 e. The van der Waals surface area contributed by atoms with Crippen molar-refractivity contribution in [3.63, 3.8) is 0 Å². The van der Waals surface area contributed by atoms with Crippen LogP contribution in [0.25, 0.3) is 5.69 Å². The number of fused-ring (bicyclic) bond motifs is 1. The second kappa shape index (κ2) is 10.1. The van der Waals surface area contributed by atoms with E-state index in [9.17, 15) is 14.3 Å². The molecule has 170 valence electrons. The summed E-state index contributed by atoms with van der Waals surface area (Å²) >= 11 is 0. The number of amides is 1. The average molecular weight is 466 g/mol. The van der Waals surface area contributed by atoms with Crippen molar-refractivity contribution in [1.82, 2.24) is 25.0 Å². The average Bonchev–Trinajstić information content (AvgIpc) is 3.15. The maximum absolute atomic E-state index is 13.8. The first-order valence-corrected chi connectivity index (χ1v) is 9.74. The van der Waals surface area contributed by atoms with Crippen LogP contribution in [0.15, 0.2) is 53.3 Å². The van der Waals surface area contributed by atoms with E-state index >= 15 is 0 Å². The number of morpholine rings is 1. The molecular formula is C21H24FN6NaO4. The third-order valence-electron chi connectivity index (χ3n) is 5.24. The van der Waals surface area contributed by atoms with E-state index < -0.39 is 23.1 Å². The number of aromatic nitrogens is 3. The van der Waals surface area contributed by atoms with Crippen molar-refractivity contribution in [3.05, 3.63) is 65.5 Å². The van der Waals surface area contributed by atoms with Crippen molar-refractivity contribution >= 4 is 11.7 Å². The number of carbonyl (C=O) groups is 1. The second-order valence-corrected chi connectivity index (χ2v) is 7.75. The number of benzene rings is 1. The molecule has 0 radical (unpaired) electrons. The number of hydrogen-bond acceptors (Lipinski definition) is 7. The van der Waals surface area contributed by atoms with E-state index in [0.29, 0.717) is 36.1 Å². The zero-order chi connectivity index (χ0) is 22.3. The van der Waals surface area contributed by atoms with Gasteiger partial charge in [-0.05, 0) is 38.5 Å². The fraction of sp³-hybridized carbons (Fsp3) is 0.333. The third-order valence-corrected chi connectivity index (χ3v) is 5.24. The molecule has 3 N–H and O–H groups in total. The van der Waals surface area contributed by atoms with Crippen molar-refractivity contribution in [2.24, 2.45) is 4.99 Å². The van der Waals surface area contributed by atoms with E-state index in [4.69, 9.17) is 4.74 Å². The van der Waals surface area contributed by atoms with Gasteiger partial charge in [0.1, 0.15) is 35.1 Å². The largest absolute Gasteiger partial charge is 1.00 e. The molecule has 0 bridgehead atoms. The van der Waals surface area contributed by atoms with E-state index in [0.717, 1.165) is 0 Å². The minimum absolute atomic E-state index is 0. The Balaban J connectivity index is 0.00000193. The van der Waals surface area contributed by atoms with Crippen molar-refractivity contribution in [2.45, 2.75) is 32.9 Å². The summed E-state index contributed by atoms with van der Waals surface area (Å²) in [5.74, 6) is -0.596. The van der Waals surface area contributed by atoms with Crippen LogP contribution in [0.1, 0.15) is 25.2 Å². The summed E-state index contributed by atoms with van der Waals surface area (Å²) in [7, 11) is 0. The van der Waals surface area contributed by atoms with Gasteiger partial charge < -0.3 is 25.5 Å². The molecule has 0 spiro atoms. The predicted octanol–water partition coefficient (Wildman–Crippen LogP) is -2.88. The molecule has 10 nitrogen and oxygen atoms in total. The summed E-state index contributed by atoms with van der Waals surface area (Å²) in [6.45, 7) is 10.1. The molecule has 1 saturated heterocycles. The van der Waals surface area contributed by atoms with Crippen molar-refractivity contribution in [1.29, 1.82) is 0 Å². The normalized spacial score (nSPS) is 16.9. The first-order valence-electron chi connectivity index (χ1n) is 9.74. The van der Waals surface area contributed by atoms with E-state index in [1.807, 2.05) is 13.8 Å². The van der Waals surface area contributed by atoms with Crippen LogP contribution in [0.2, 0.25) is 0 Å². The summed E-state index contributed by atoms with van der Waals surface area (Å²) < 4.78 is 21.1. The first kappa shape index (κ1) is 26.7. The molecule has 0 atom stereocenters. The van der Waals surface area contributed by atoms with E-state index in [2.05, 4.69) is 27.0 Å². The van der Waals surface area contributed by atoms with Crippen LogP contribution in [0.5, 0.6) is 0 Å². The van der Waals surface area contributed by atoms with Crippen LogP contribution in [-0.2, 0) is 16.1 Å². The molecule has 4 rings (SSSR count). The van der Waals surface area contributed by atoms with Gasteiger partial charge in [0.05, 0.1) is 12.3 Å². The molecule has 1 aromatic carbocycles. The Morgan fingerprint density at radius 1 is 1.39 bits per heavy atom. The van der Waals surface area contributed by atoms with E-state index in [-0.39, 0.29) is 53.0 Å². The zero-order valence-electron chi connectivity index (χ0n) is 19.0. The fourth-order valence-electron chi connectivity index (χ4n) is 3.59. The summed E-state index contributed by atoms with van der Waals surface area (Å²) in [5, 5.41) is 19.5. The van der Waals surface area contributed by atoms with Crippen LogP contribution in [0.4, 0.5) is 4.39 Å². The van der Waals surface area contributed by atoms with E-state index in [1.54, 1.807) is 17.9 Å². The molecule has 2 aliphatic rings. The number of ether oxygens (including phenoxy) is 1. The molecule has 2 aliphatic heterocycles. The Hall–Kier alpha value is -2.57. The number of amidine groups is 1. The molecular weight excluding hydrogens is 442 g/mol. The maximum atomic E-state index is 13.8. The second-order valence-electron chi connectivity index (χ2n) is 7.75. The van der Waals surface area contributed by atoms with Crippen LogP contribution in [-0.4, -0.2) is 55.6 Å². The minimum atomic E-state index is -0.762. The monoisotopic (exact) mass is 466 g/mol. The predicted molar refractivity (Wildman–Crippen MR) is 112 cm³/mol. The quantitative estimate of drug-likeness (QED) is 0.480. The van der Waals surface area contributed by atoms with Gasteiger partial charge in [-0.25, -0.2) is 19.0 Å². The van der Waals surface area contributed by atoms with Gasteiger partial charge in [0.15, 0.2) is 0 Å². The molecule has 0 saturated carbocycles. The van der Waals surface area contributed by atoms with Gasteiger partial charge in [0, 0.05) is 18.8 Å². The molecule has 33 heavy (non-hydrogen) atoms. The van der Waals surface area contributed by atoms with Crippen molar-refractivity contribution < 1.29 is 54.1 Å². The molecule has 2 aromatic rings. The van der Waals surface area contributed by atoms with Crippen LogP contribution < -0.4 is 40.0 Å². The molecule has 12 heteroatoms. The number of nitrogens with zero attached hydrogens (tertiary/aromatic N) is 5. The fourth-order valence-corrected chi connectivity index (χ4v) is 3.59. The molecule has 0 aliphatic carbocycles. The Kier molecular flexibility index (Phi) is 8.20. The van der Waals surface area contributed by atoms with Gasteiger partial charge in [0.2, 0.25) is 0 Å². The molecule has 1 fully saturated rings. The molecule has 0 unspecified atom stereocenters. The van der Waals surface area contributed by atoms with Crippen LogP contribution in [0, 0.1) is 12.7 Å². The summed E-state index contributed by atoms with van der Waals surface area (Å²) in [6, 6.07) is 4.14. The SMILES string of the molecule is C=C1C([O-])=C(C(=O)NCc2ccc(F)cc2-n2ncnc2C)N=C2N1CCOC2(C)C.O.[Na+]. The van der Waals surface area contributed by atoms with Gasteiger partial charge in [-0.3, -0.25) is 4.79 Å². The molecule has 1 amide bonds. The van der Waals surface area contributed by atoms with Gasteiger partial charge in [-0.2, -0.15) is 5.10 Å². The van der Waals surface area contributed by atoms with Crippen molar-refractivity contribution in [2.75, 3.05) is 13.2 Å². The van der Waals surface area contributed by atoms with Gasteiger partial charge in [-0.1, -0.05) is 18.4 Å². The van der Waals surface area contributed by atoms with Crippen molar-refractivity contribution in [3.8, 4) is 5.69 Å². The Labute approximate surface area is 212 Å². The maximum Gasteiger partial charge on any atom is 1.00 e. The summed E-state index contributed by atoms with van der Waals surface area (Å²) in [5.41, 5.74) is 0.214.